The summed E-state index contributed by atoms with van der Waals surface area (Å²) in [5.41, 5.74) is 2.23. The molecule has 1 atom stereocenters. The zero-order valence-electron chi connectivity index (χ0n) is 14.7. The predicted octanol–water partition coefficient (Wildman–Crippen LogP) is 3.23. The van der Waals surface area contributed by atoms with Gasteiger partial charge in [-0.25, -0.2) is 0 Å². The fourth-order valence-electron chi connectivity index (χ4n) is 3.29. The maximum atomic E-state index is 12.7. The number of hydrogen-bond donors (Lipinski definition) is 1. The Balaban J connectivity index is 1.58. The number of hydrogen-bond acceptors (Lipinski definition) is 2. The Bertz CT molecular complexity index is 746. The Hall–Kier alpha value is -2.33. The number of amides is 2. The molecule has 0 saturated carbocycles. The van der Waals surface area contributed by atoms with Gasteiger partial charge < -0.3 is 10.2 Å². The summed E-state index contributed by atoms with van der Waals surface area (Å²) < 4.78 is 0. The molecule has 26 heavy (non-hydrogen) atoms. The average Bonchev–Trinajstić information content (AvgIpc) is 2.66. The predicted molar refractivity (Wildman–Crippen MR) is 103 cm³/mol. The monoisotopic (exact) mass is 370 g/mol. The van der Waals surface area contributed by atoms with E-state index in [1.54, 1.807) is 4.90 Å². The minimum Gasteiger partial charge on any atom is -0.353 e. The Morgan fingerprint density at radius 1 is 1.08 bits per heavy atom. The van der Waals surface area contributed by atoms with E-state index < -0.39 is 6.04 Å². The molecule has 136 valence electrons. The van der Waals surface area contributed by atoms with E-state index in [4.69, 9.17) is 11.6 Å². The van der Waals surface area contributed by atoms with Crippen LogP contribution in [0.2, 0.25) is 5.02 Å². The third kappa shape index (κ3) is 4.85. The lowest BCUT2D eigenvalue weighted by molar-refractivity contribution is -0.143. The molecule has 0 spiro atoms. The van der Waals surface area contributed by atoms with E-state index in [0.717, 1.165) is 18.4 Å². The summed E-state index contributed by atoms with van der Waals surface area (Å²) in [4.78, 5) is 26.8. The fraction of sp³-hybridized carbons (Fsp3) is 0.333. The number of nitrogens with zero attached hydrogens (tertiary/aromatic N) is 1. The van der Waals surface area contributed by atoms with Crippen molar-refractivity contribution >= 4 is 23.4 Å². The van der Waals surface area contributed by atoms with Gasteiger partial charge in [0, 0.05) is 31.0 Å². The molecule has 4 nitrogen and oxygen atoms in total. The molecule has 2 amide bonds. The van der Waals surface area contributed by atoms with E-state index in [-0.39, 0.29) is 11.8 Å². The van der Waals surface area contributed by atoms with E-state index >= 15 is 0 Å². The summed E-state index contributed by atoms with van der Waals surface area (Å²) in [7, 11) is 0. The Morgan fingerprint density at radius 2 is 1.81 bits per heavy atom. The molecule has 3 rings (SSSR count). The smallest absolute Gasteiger partial charge is 0.243 e. The van der Waals surface area contributed by atoms with Crippen molar-refractivity contribution in [1.82, 2.24) is 10.2 Å². The summed E-state index contributed by atoms with van der Waals surface area (Å²) in [5.74, 6) is -0.0131. The van der Waals surface area contributed by atoms with Gasteiger partial charge in [-0.3, -0.25) is 9.59 Å². The largest absolute Gasteiger partial charge is 0.353 e. The molecule has 1 N–H and O–H groups in total. The number of carbonyl (C=O) groups excluding carboxylic acids is 2. The van der Waals surface area contributed by atoms with E-state index in [9.17, 15) is 9.59 Å². The van der Waals surface area contributed by atoms with Crippen molar-refractivity contribution in [3.05, 3.63) is 70.7 Å². The van der Waals surface area contributed by atoms with E-state index in [1.807, 2.05) is 54.6 Å². The molecule has 5 heteroatoms. The van der Waals surface area contributed by atoms with Gasteiger partial charge in [-0.05, 0) is 36.1 Å². The van der Waals surface area contributed by atoms with Crippen LogP contribution in [-0.4, -0.2) is 35.8 Å². The zero-order valence-corrected chi connectivity index (χ0v) is 15.4. The van der Waals surface area contributed by atoms with E-state index in [2.05, 4.69) is 5.32 Å². The van der Waals surface area contributed by atoms with E-state index in [0.29, 0.717) is 31.0 Å². The Kier molecular flexibility index (Phi) is 6.29. The van der Waals surface area contributed by atoms with Crippen molar-refractivity contribution in [2.24, 2.45) is 0 Å². The first-order chi connectivity index (χ1) is 12.6. The minimum absolute atomic E-state index is 0.0507. The van der Waals surface area contributed by atoms with Crippen LogP contribution < -0.4 is 5.32 Å². The number of rotatable bonds is 6. The lowest BCUT2D eigenvalue weighted by Crippen LogP contribution is -2.58. The number of aryl methyl sites for hydroxylation is 1. The molecule has 0 aliphatic carbocycles. The second-order valence-electron chi connectivity index (χ2n) is 6.56. The second kappa shape index (κ2) is 8.86. The summed E-state index contributed by atoms with van der Waals surface area (Å²) in [6.07, 6.45) is 2.58. The molecule has 1 aliphatic rings. The molecule has 1 saturated heterocycles. The quantitative estimate of drug-likeness (QED) is 0.848. The van der Waals surface area contributed by atoms with Gasteiger partial charge in [-0.15, -0.1) is 0 Å². The third-order valence-electron chi connectivity index (χ3n) is 4.69. The number of nitrogens with one attached hydrogen (secondary N) is 1. The van der Waals surface area contributed by atoms with E-state index in [1.165, 1.54) is 5.56 Å². The lowest BCUT2D eigenvalue weighted by Gasteiger charge is -2.35. The van der Waals surface area contributed by atoms with Crippen LogP contribution in [0.15, 0.2) is 54.6 Å². The number of benzene rings is 2. The number of halogens is 1. The summed E-state index contributed by atoms with van der Waals surface area (Å²) in [6.45, 7) is 1.09. The molecule has 1 heterocycles. The molecule has 0 bridgehead atoms. The lowest BCUT2D eigenvalue weighted by atomic mass is 10.0. The van der Waals surface area contributed by atoms with Crippen LogP contribution in [0.1, 0.15) is 24.0 Å². The van der Waals surface area contributed by atoms with Crippen LogP contribution >= 0.6 is 11.6 Å². The van der Waals surface area contributed by atoms with Crippen molar-refractivity contribution in [3.8, 4) is 0 Å². The van der Waals surface area contributed by atoms with Gasteiger partial charge in [0.05, 0.1) is 0 Å². The standard InChI is InChI=1S/C21H23ClN2O2/c22-18-11-9-16(10-12-18)7-4-8-20(25)24-14-13-23-21(26)19(24)15-17-5-2-1-3-6-17/h1-3,5-6,9-12,19H,4,7-8,13-15H2,(H,23,26)/t19-/m0/s1. The Labute approximate surface area is 159 Å². The van der Waals surface area contributed by atoms with Crippen molar-refractivity contribution in [2.45, 2.75) is 31.7 Å². The molecule has 0 unspecified atom stereocenters. The van der Waals surface area contributed by atoms with Crippen LogP contribution in [0.4, 0.5) is 0 Å². The third-order valence-corrected chi connectivity index (χ3v) is 4.94. The van der Waals surface area contributed by atoms with Crippen molar-refractivity contribution in [3.63, 3.8) is 0 Å². The highest BCUT2D eigenvalue weighted by Crippen LogP contribution is 2.16. The highest BCUT2D eigenvalue weighted by molar-refractivity contribution is 6.30. The summed E-state index contributed by atoms with van der Waals surface area (Å²) in [5, 5.41) is 3.59. The highest BCUT2D eigenvalue weighted by Gasteiger charge is 2.32. The summed E-state index contributed by atoms with van der Waals surface area (Å²) >= 11 is 5.90. The van der Waals surface area contributed by atoms with Gasteiger partial charge >= 0.3 is 0 Å². The SMILES string of the molecule is O=C1NCCN(C(=O)CCCc2ccc(Cl)cc2)[C@H]1Cc1ccccc1. The topological polar surface area (TPSA) is 49.4 Å². The first-order valence-corrected chi connectivity index (χ1v) is 9.37. The van der Waals surface area contributed by atoms with Gasteiger partial charge in [-0.2, -0.15) is 0 Å². The normalized spacial score (nSPS) is 17.0. The maximum absolute atomic E-state index is 12.7. The van der Waals surface area contributed by atoms with Crippen LogP contribution in [-0.2, 0) is 22.4 Å². The zero-order chi connectivity index (χ0) is 18.4. The number of piperazine rings is 1. The van der Waals surface area contributed by atoms with Gasteiger partial charge in [0.1, 0.15) is 6.04 Å². The highest BCUT2D eigenvalue weighted by atomic mass is 35.5. The Morgan fingerprint density at radius 3 is 2.54 bits per heavy atom. The average molecular weight is 371 g/mol. The number of carbonyl (C=O) groups is 2. The molecule has 1 fully saturated rings. The van der Waals surface area contributed by atoms with Crippen molar-refractivity contribution < 1.29 is 9.59 Å². The van der Waals surface area contributed by atoms with Gasteiger partial charge in [0.15, 0.2) is 0 Å². The maximum Gasteiger partial charge on any atom is 0.243 e. The van der Waals surface area contributed by atoms with Crippen LogP contribution in [0.5, 0.6) is 0 Å². The van der Waals surface area contributed by atoms with Crippen molar-refractivity contribution in [1.29, 1.82) is 0 Å². The van der Waals surface area contributed by atoms with Gasteiger partial charge in [0.2, 0.25) is 11.8 Å². The van der Waals surface area contributed by atoms with Crippen LogP contribution in [0.3, 0.4) is 0 Å². The van der Waals surface area contributed by atoms with Gasteiger partial charge in [0.25, 0.3) is 0 Å². The van der Waals surface area contributed by atoms with Crippen molar-refractivity contribution in [2.75, 3.05) is 13.1 Å². The molecular formula is C21H23ClN2O2. The molecule has 2 aromatic rings. The molecular weight excluding hydrogens is 348 g/mol. The molecule has 2 aromatic carbocycles. The van der Waals surface area contributed by atoms with Crippen LogP contribution in [0.25, 0.3) is 0 Å². The molecule has 0 radical (unpaired) electrons. The molecule has 0 aromatic heterocycles. The van der Waals surface area contributed by atoms with Crippen LogP contribution in [0, 0.1) is 0 Å². The fourth-order valence-corrected chi connectivity index (χ4v) is 3.42. The first kappa shape index (κ1) is 18.5. The second-order valence-corrected chi connectivity index (χ2v) is 7.00. The van der Waals surface area contributed by atoms with Gasteiger partial charge in [-0.1, -0.05) is 54.1 Å². The summed E-state index contributed by atoms with van der Waals surface area (Å²) in [6, 6.07) is 17.1. The minimum atomic E-state index is -0.422. The first-order valence-electron chi connectivity index (χ1n) is 8.99. The molecule has 1 aliphatic heterocycles.